The molecule has 0 aliphatic carbocycles. The molecule has 0 aliphatic rings. The predicted molar refractivity (Wildman–Crippen MR) is 159 cm³/mol. The maximum atomic E-state index is 12.9. The summed E-state index contributed by atoms with van der Waals surface area (Å²) in [5.41, 5.74) is 9.70. The van der Waals surface area contributed by atoms with Crippen molar-refractivity contribution in [3.05, 3.63) is 94.9 Å². The topological polar surface area (TPSA) is 87.3 Å². The third-order valence-corrected chi connectivity index (χ3v) is 7.24. The van der Waals surface area contributed by atoms with Gasteiger partial charge < -0.3 is 20.7 Å². The largest absolute Gasteiger partial charge is 0.496 e. The van der Waals surface area contributed by atoms with Crippen LogP contribution in [0.15, 0.2) is 78.2 Å². The number of hydrogen-bond donors (Lipinski definition) is 3. The minimum Gasteiger partial charge on any atom is -0.496 e. The van der Waals surface area contributed by atoms with Crippen molar-refractivity contribution in [3.8, 4) is 17.0 Å². The van der Waals surface area contributed by atoms with Crippen LogP contribution in [0.5, 0.6) is 5.75 Å². The lowest BCUT2D eigenvalue weighted by atomic mass is 10.1. The summed E-state index contributed by atoms with van der Waals surface area (Å²) in [4.78, 5) is 7.40. The van der Waals surface area contributed by atoms with Crippen molar-refractivity contribution in [3.63, 3.8) is 0 Å². The molecular weight excluding hydrogens is 555 g/mol. The van der Waals surface area contributed by atoms with E-state index in [-0.39, 0.29) is 11.4 Å². The number of rotatable bonds is 11. The molecule has 4 aromatic rings. The Bertz CT molecular complexity index is 1450. The first kappa shape index (κ1) is 29.0. The zero-order valence-corrected chi connectivity index (χ0v) is 23.3. The fourth-order valence-electron chi connectivity index (χ4n) is 4.02. The normalized spacial score (nSPS) is 11.2. The van der Waals surface area contributed by atoms with E-state index in [4.69, 9.17) is 33.1 Å². The first-order valence-electron chi connectivity index (χ1n) is 12.3. The number of aromatic nitrogens is 1. The lowest BCUT2D eigenvalue weighted by Crippen LogP contribution is -2.26. The molecule has 0 radical (unpaired) electrons. The number of benzene rings is 3. The molecule has 0 saturated carbocycles. The number of nitrogens with zero attached hydrogens (tertiary/aromatic N) is 2. The van der Waals surface area contributed by atoms with Crippen LogP contribution in [-0.4, -0.2) is 35.6 Å². The molecule has 0 unspecified atom stereocenters. The number of nitrogens with one attached hydrogen (secondary N) is 2. The standard InChI is InChI=1S/C29H28F3N5OS2/c1-38-25-5-3-2-4-23(25)24-18-40-28(36-24)37(22-12-8-19(9-13-22)16-29(30,31)32)17-20-6-10-21(11-7-20)27(39)35-15-14-26(33)34/h2-13,18H,14-17H2,1H3,(H3,33,34)(H,35,39). The molecule has 0 spiro atoms. The molecule has 3 aromatic carbocycles. The van der Waals surface area contributed by atoms with Crippen LogP contribution in [0.25, 0.3) is 11.3 Å². The van der Waals surface area contributed by atoms with Gasteiger partial charge in [-0.25, -0.2) is 4.98 Å². The Morgan fingerprint density at radius 2 is 1.73 bits per heavy atom. The predicted octanol–water partition coefficient (Wildman–Crippen LogP) is 6.85. The number of nitrogens with two attached hydrogens (primary N) is 1. The molecule has 0 bridgehead atoms. The number of thiocarbonyl (C=S) groups is 1. The van der Waals surface area contributed by atoms with Crippen LogP contribution < -0.4 is 20.7 Å². The van der Waals surface area contributed by atoms with E-state index in [1.165, 1.54) is 23.5 Å². The molecule has 11 heteroatoms. The number of amidine groups is 1. The van der Waals surface area contributed by atoms with Gasteiger partial charge in [-0.05, 0) is 35.4 Å². The quantitative estimate of drug-likeness (QED) is 0.102. The number of hydrogen-bond acceptors (Lipinski definition) is 6. The number of anilines is 2. The van der Waals surface area contributed by atoms with E-state index in [1.807, 2.05) is 58.8 Å². The number of thiazole rings is 1. The van der Waals surface area contributed by atoms with Crippen molar-refractivity contribution in [1.82, 2.24) is 10.3 Å². The Kier molecular flexibility index (Phi) is 9.38. The summed E-state index contributed by atoms with van der Waals surface area (Å²) >= 11 is 6.89. The Morgan fingerprint density at radius 3 is 2.38 bits per heavy atom. The van der Waals surface area contributed by atoms with Gasteiger partial charge in [-0.15, -0.1) is 11.3 Å². The lowest BCUT2D eigenvalue weighted by Gasteiger charge is -2.23. The molecule has 208 valence electrons. The van der Waals surface area contributed by atoms with Crippen molar-refractivity contribution >= 4 is 45.2 Å². The average molecular weight is 584 g/mol. The van der Waals surface area contributed by atoms with E-state index in [1.54, 1.807) is 19.2 Å². The van der Waals surface area contributed by atoms with Gasteiger partial charge in [0, 0.05) is 35.2 Å². The molecule has 1 heterocycles. The van der Waals surface area contributed by atoms with Gasteiger partial charge in [0.15, 0.2) is 5.13 Å². The van der Waals surface area contributed by atoms with E-state index in [0.29, 0.717) is 35.4 Å². The van der Waals surface area contributed by atoms with Crippen molar-refractivity contribution in [2.45, 2.75) is 25.6 Å². The van der Waals surface area contributed by atoms with Crippen LogP contribution in [-0.2, 0) is 13.0 Å². The maximum absolute atomic E-state index is 12.9. The van der Waals surface area contributed by atoms with Crippen molar-refractivity contribution in [2.75, 3.05) is 18.6 Å². The number of para-hydroxylation sites is 1. The lowest BCUT2D eigenvalue weighted by molar-refractivity contribution is -0.127. The summed E-state index contributed by atoms with van der Waals surface area (Å²) in [5, 5.41) is 13.0. The van der Waals surface area contributed by atoms with Crippen LogP contribution in [0, 0.1) is 5.41 Å². The zero-order valence-electron chi connectivity index (χ0n) is 21.7. The van der Waals surface area contributed by atoms with Crippen LogP contribution in [0.3, 0.4) is 0 Å². The Morgan fingerprint density at radius 1 is 1.05 bits per heavy atom. The van der Waals surface area contributed by atoms with E-state index in [0.717, 1.165) is 28.1 Å². The third kappa shape index (κ3) is 7.80. The minimum absolute atomic E-state index is 0.0910. The Hall–Kier alpha value is -3.96. The second-order valence-corrected chi connectivity index (χ2v) is 10.2. The van der Waals surface area contributed by atoms with Gasteiger partial charge >= 0.3 is 6.18 Å². The molecule has 0 amide bonds. The summed E-state index contributed by atoms with van der Waals surface area (Å²) in [5.74, 6) is 0.791. The SMILES string of the molecule is COc1ccccc1-c1csc(N(Cc2ccc(C(=S)NCCC(=N)N)cc2)c2ccc(CC(F)(F)F)cc2)n1. The second-order valence-electron chi connectivity index (χ2n) is 8.99. The molecule has 0 saturated heterocycles. The smallest absolute Gasteiger partial charge is 0.393 e. The average Bonchev–Trinajstić information content (AvgIpc) is 3.41. The number of methoxy groups -OCH3 is 1. The van der Waals surface area contributed by atoms with Crippen LogP contribution in [0.1, 0.15) is 23.1 Å². The van der Waals surface area contributed by atoms with Gasteiger partial charge in [0.1, 0.15) is 10.7 Å². The first-order valence-corrected chi connectivity index (χ1v) is 13.6. The first-order chi connectivity index (χ1) is 19.1. The molecule has 0 atom stereocenters. The summed E-state index contributed by atoms with van der Waals surface area (Å²) in [7, 11) is 1.61. The summed E-state index contributed by atoms with van der Waals surface area (Å²) in [6.07, 6.45) is -4.85. The molecule has 0 fully saturated rings. The van der Waals surface area contributed by atoms with Gasteiger partial charge in [0.25, 0.3) is 0 Å². The van der Waals surface area contributed by atoms with Crippen LogP contribution in [0.2, 0.25) is 0 Å². The van der Waals surface area contributed by atoms with Crippen LogP contribution >= 0.6 is 23.6 Å². The molecule has 4 N–H and O–H groups in total. The van der Waals surface area contributed by atoms with Gasteiger partial charge in [0.05, 0.1) is 31.6 Å². The minimum atomic E-state index is -4.27. The zero-order chi connectivity index (χ0) is 28.7. The monoisotopic (exact) mass is 583 g/mol. The highest BCUT2D eigenvalue weighted by atomic mass is 32.1. The van der Waals surface area contributed by atoms with Crippen molar-refractivity contribution in [2.24, 2.45) is 5.73 Å². The maximum Gasteiger partial charge on any atom is 0.393 e. The number of ether oxygens (including phenoxy) is 1. The summed E-state index contributed by atoms with van der Waals surface area (Å²) in [6, 6.07) is 21.7. The summed E-state index contributed by atoms with van der Waals surface area (Å²) in [6.45, 7) is 0.912. The Balaban J connectivity index is 1.60. The van der Waals surface area contributed by atoms with E-state index < -0.39 is 12.6 Å². The molecular formula is C29H28F3N5OS2. The van der Waals surface area contributed by atoms with Gasteiger partial charge in [-0.1, -0.05) is 60.7 Å². The molecule has 1 aromatic heterocycles. The second kappa shape index (κ2) is 12.9. The van der Waals surface area contributed by atoms with Crippen molar-refractivity contribution < 1.29 is 17.9 Å². The summed E-state index contributed by atoms with van der Waals surface area (Å²) < 4.78 is 44.2. The fraction of sp³-hybridized carbons (Fsp3) is 0.207. The highest BCUT2D eigenvalue weighted by Gasteiger charge is 2.27. The van der Waals surface area contributed by atoms with E-state index in [9.17, 15) is 13.2 Å². The number of halogens is 3. The highest BCUT2D eigenvalue weighted by Crippen LogP contribution is 2.37. The van der Waals surface area contributed by atoms with E-state index >= 15 is 0 Å². The molecule has 0 aliphatic heterocycles. The number of alkyl halides is 3. The fourth-order valence-corrected chi connectivity index (χ4v) is 5.10. The van der Waals surface area contributed by atoms with Crippen molar-refractivity contribution in [1.29, 1.82) is 5.41 Å². The third-order valence-electron chi connectivity index (χ3n) is 6.00. The van der Waals surface area contributed by atoms with Gasteiger partial charge in [-0.3, -0.25) is 5.41 Å². The van der Waals surface area contributed by atoms with Gasteiger partial charge in [0.2, 0.25) is 0 Å². The van der Waals surface area contributed by atoms with Crippen LogP contribution in [0.4, 0.5) is 24.0 Å². The van der Waals surface area contributed by atoms with E-state index in [2.05, 4.69) is 5.32 Å². The highest BCUT2D eigenvalue weighted by molar-refractivity contribution is 7.80. The molecule has 40 heavy (non-hydrogen) atoms. The molecule has 4 rings (SSSR count). The Labute approximate surface area is 240 Å². The van der Waals surface area contributed by atoms with Gasteiger partial charge in [-0.2, -0.15) is 13.2 Å². The molecule has 6 nitrogen and oxygen atoms in total.